The van der Waals surface area contributed by atoms with E-state index in [1.54, 1.807) is 6.20 Å². The first-order valence-electron chi connectivity index (χ1n) is 7.54. The number of hydrogen-bond acceptors (Lipinski definition) is 4. The second-order valence-electron chi connectivity index (χ2n) is 6.21. The van der Waals surface area contributed by atoms with Crippen molar-refractivity contribution >= 4 is 29.1 Å². The van der Waals surface area contributed by atoms with Crippen LogP contribution in [0.1, 0.15) is 26.3 Å². The Balaban J connectivity index is 2.01. The predicted molar refractivity (Wildman–Crippen MR) is 99.8 cm³/mol. The Labute approximate surface area is 146 Å². The van der Waals surface area contributed by atoms with Gasteiger partial charge in [0, 0.05) is 17.0 Å². The molecule has 0 saturated heterocycles. The first-order valence-corrected chi connectivity index (χ1v) is 8.90. The van der Waals surface area contributed by atoms with E-state index in [2.05, 4.69) is 31.2 Å². The molecule has 2 aromatic rings. The molecule has 23 heavy (non-hydrogen) atoms. The van der Waals surface area contributed by atoms with Crippen LogP contribution in [0.2, 0.25) is 5.02 Å². The van der Waals surface area contributed by atoms with Gasteiger partial charge in [0.15, 0.2) is 0 Å². The van der Waals surface area contributed by atoms with E-state index in [-0.39, 0.29) is 15.3 Å². The van der Waals surface area contributed by atoms with Crippen molar-refractivity contribution < 1.29 is 0 Å². The lowest BCUT2D eigenvalue weighted by atomic mass is 10.2. The molecule has 0 atom stereocenters. The molecule has 0 saturated carbocycles. The molecule has 124 valence electrons. The Morgan fingerprint density at radius 3 is 2.61 bits per heavy atom. The minimum atomic E-state index is -0.274. The molecule has 4 nitrogen and oxygen atoms in total. The summed E-state index contributed by atoms with van der Waals surface area (Å²) in [5, 5.41) is 7.59. The van der Waals surface area contributed by atoms with Crippen LogP contribution in [-0.2, 0) is 6.54 Å². The van der Waals surface area contributed by atoms with E-state index in [9.17, 15) is 4.79 Å². The normalized spacial score (nSPS) is 11.5. The van der Waals surface area contributed by atoms with Gasteiger partial charge in [0.25, 0.3) is 5.56 Å². The lowest BCUT2D eigenvalue weighted by Gasteiger charge is -2.18. The van der Waals surface area contributed by atoms with Crippen LogP contribution in [0.5, 0.6) is 0 Å². The zero-order valence-corrected chi connectivity index (χ0v) is 15.2. The number of anilines is 1. The van der Waals surface area contributed by atoms with Crippen molar-refractivity contribution in [2.45, 2.75) is 32.1 Å². The molecule has 0 unspecified atom stereocenters. The summed E-state index contributed by atoms with van der Waals surface area (Å²) in [5.74, 6) is 0.937. The van der Waals surface area contributed by atoms with E-state index < -0.39 is 0 Å². The number of benzene rings is 1. The number of hydrogen-bond donors (Lipinski definition) is 1. The summed E-state index contributed by atoms with van der Waals surface area (Å²) in [6, 6.07) is 9.72. The van der Waals surface area contributed by atoms with Crippen molar-refractivity contribution in [3.8, 4) is 0 Å². The SMILES string of the molecule is CC(C)(C)SCCNc1cnn(Cc2ccccc2)c(=O)c1Cl. The fourth-order valence-corrected chi connectivity index (χ4v) is 3.03. The van der Waals surface area contributed by atoms with Crippen LogP contribution in [0.15, 0.2) is 41.3 Å². The van der Waals surface area contributed by atoms with E-state index in [0.29, 0.717) is 12.2 Å². The maximum atomic E-state index is 12.3. The van der Waals surface area contributed by atoms with Crippen molar-refractivity contribution in [3.05, 3.63) is 57.5 Å². The maximum Gasteiger partial charge on any atom is 0.287 e. The highest BCUT2D eigenvalue weighted by atomic mass is 35.5. The number of rotatable bonds is 6. The van der Waals surface area contributed by atoms with Crippen LogP contribution in [-0.4, -0.2) is 26.8 Å². The smallest absolute Gasteiger partial charge is 0.287 e. The minimum absolute atomic E-state index is 0.191. The van der Waals surface area contributed by atoms with Crippen molar-refractivity contribution in [1.29, 1.82) is 0 Å². The van der Waals surface area contributed by atoms with Gasteiger partial charge in [0.2, 0.25) is 0 Å². The summed E-state index contributed by atoms with van der Waals surface area (Å²) in [5.41, 5.74) is 1.33. The molecule has 1 aromatic carbocycles. The Morgan fingerprint density at radius 1 is 1.26 bits per heavy atom. The Kier molecular flexibility index (Phi) is 6.13. The molecule has 0 spiro atoms. The molecule has 0 aliphatic carbocycles. The monoisotopic (exact) mass is 351 g/mol. The highest BCUT2D eigenvalue weighted by molar-refractivity contribution is 8.00. The van der Waals surface area contributed by atoms with E-state index >= 15 is 0 Å². The van der Waals surface area contributed by atoms with E-state index in [4.69, 9.17) is 11.6 Å². The quantitative estimate of drug-likeness (QED) is 0.802. The van der Waals surface area contributed by atoms with Gasteiger partial charge in [-0.05, 0) is 5.56 Å². The second kappa shape index (κ2) is 7.88. The van der Waals surface area contributed by atoms with E-state index in [1.807, 2.05) is 42.1 Å². The van der Waals surface area contributed by atoms with Crippen molar-refractivity contribution in [3.63, 3.8) is 0 Å². The fourth-order valence-electron chi connectivity index (χ4n) is 2.00. The van der Waals surface area contributed by atoms with Gasteiger partial charge in [-0.15, -0.1) is 0 Å². The highest BCUT2D eigenvalue weighted by Crippen LogP contribution is 2.23. The van der Waals surface area contributed by atoms with Gasteiger partial charge in [-0.1, -0.05) is 62.7 Å². The summed E-state index contributed by atoms with van der Waals surface area (Å²) < 4.78 is 1.61. The van der Waals surface area contributed by atoms with Crippen LogP contribution in [0, 0.1) is 0 Å². The molecule has 1 heterocycles. The molecule has 0 bridgehead atoms. The Morgan fingerprint density at radius 2 is 1.96 bits per heavy atom. The highest BCUT2D eigenvalue weighted by Gasteiger charge is 2.11. The van der Waals surface area contributed by atoms with Crippen LogP contribution >= 0.6 is 23.4 Å². The standard InChI is InChI=1S/C17H22ClN3OS/c1-17(2,3)23-10-9-19-14-11-20-21(16(22)15(14)18)12-13-7-5-4-6-8-13/h4-8,11,19H,9-10,12H2,1-3H3. The van der Waals surface area contributed by atoms with Gasteiger partial charge in [-0.25, -0.2) is 4.68 Å². The first kappa shape index (κ1) is 17.9. The lowest BCUT2D eigenvalue weighted by molar-refractivity contribution is 0.640. The third-order valence-corrected chi connectivity index (χ3v) is 4.75. The zero-order valence-electron chi connectivity index (χ0n) is 13.7. The summed E-state index contributed by atoms with van der Waals surface area (Å²) in [7, 11) is 0. The third kappa shape index (κ3) is 5.59. The second-order valence-corrected chi connectivity index (χ2v) is 8.51. The van der Waals surface area contributed by atoms with Gasteiger partial charge in [0.05, 0.1) is 18.4 Å². The number of aromatic nitrogens is 2. The van der Waals surface area contributed by atoms with Crippen LogP contribution in [0.25, 0.3) is 0 Å². The van der Waals surface area contributed by atoms with Gasteiger partial charge in [-0.3, -0.25) is 4.79 Å². The van der Waals surface area contributed by atoms with Gasteiger partial charge in [-0.2, -0.15) is 16.9 Å². The zero-order chi connectivity index (χ0) is 16.9. The van der Waals surface area contributed by atoms with Crippen molar-refractivity contribution in [2.75, 3.05) is 17.6 Å². The summed E-state index contributed by atoms with van der Waals surface area (Å²) in [6.45, 7) is 7.69. The van der Waals surface area contributed by atoms with Crippen LogP contribution in [0.4, 0.5) is 5.69 Å². The number of nitrogens with zero attached hydrogens (tertiary/aromatic N) is 2. The molecule has 2 rings (SSSR count). The molecule has 0 amide bonds. The number of thioether (sulfide) groups is 1. The van der Waals surface area contributed by atoms with E-state index in [0.717, 1.165) is 17.9 Å². The van der Waals surface area contributed by atoms with Crippen LogP contribution < -0.4 is 10.9 Å². The molecule has 1 aromatic heterocycles. The van der Waals surface area contributed by atoms with Crippen molar-refractivity contribution in [2.24, 2.45) is 0 Å². The molecule has 6 heteroatoms. The molecule has 0 aliphatic heterocycles. The first-order chi connectivity index (χ1) is 10.9. The topological polar surface area (TPSA) is 46.9 Å². The largest absolute Gasteiger partial charge is 0.382 e. The fraction of sp³-hybridized carbons (Fsp3) is 0.412. The molecule has 0 radical (unpaired) electrons. The van der Waals surface area contributed by atoms with Gasteiger partial charge < -0.3 is 5.32 Å². The summed E-state index contributed by atoms with van der Waals surface area (Å²) in [6.07, 6.45) is 1.62. The van der Waals surface area contributed by atoms with Gasteiger partial charge in [0.1, 0.15) is 5.02 Å². The molecular weight excluding hydrogens is 330 g/mol. The van der Waals surface area contributed by atoms with Crippen molar-refractivity contribution in [1.82, 2.24) is 9.78 Å². The maximum absolute atomic E-state index is 12.3. The Bertz CT molecular complexity index is 695. The molecule has 0 aliphatic rings. The molecular formula is C17H22ClN3OS. The third-order valence-electron chi connectivity index (χ3n) is 3.11. The van der Waals surface area contributed by atoms with Gasteiger partial charge >= 0.3 is 0 Å². The minimum Gasteiger partial charge on any atom is -0.382 e. The average molecular weight is 352 g/mol. The lowest BCUT2D eigenvalue weighted by Crippen LogP contribution is -2.25. The molecule has 1 N–H and O–H groups in total. The van der Waals surface area contributed by atoms with Crippen LogP contribution in [0.3, 0.4) is 0 Å². The Hall–Kier alpha value is -1.46. The number of nitrogens with one attached hydrogen (secondary N) is 1. The molecule has 0 fully saturated rings. The average Bonchev–Trinajstić information content (AvgIpc) is 2.50. The van der Waals surface area contributed by atoms with E-state index in [1.165, 1.54) is 4.68 Å². The summed E-state index contributed by atoms with van der Waals surface area (Å²) in [4.78, 5) is 12.3. The summed E-state index contributed by atoms with van der Waals surface area (Å²) >= 11 is 8.05. The predicted octanol–water partition coefficient (Wildman–Crippen LogP) is 3.89. The number of halogens is 1.